The van der Waals surface area contributed by atoms with Gasteiger partial charge in [0.15, 0.2) is 5.78 Å². The maximum absolute atomic E-state index is 12.8. The molecule has 0 saturated carbocycles. The summed E-state index contributed by atoms with van der Waals surface area (Å²) in [5.74, 6) is -0.951. The van der Waals surface area contributed by atoms with Crippen molar-refractivity contribution in [1.82, 2.24) is 9.88 Å². The number of ketones is 1. The highest BCUT2D eigenvalue weighted by molar-refractivity contribution is 7.12. The van der Waals surface area contributed by atoms with E-state index in [1.54, 1.807) is 39.0 Å². The Balaban J connectivity index is 2.26. The summed E-state index contributed by atoms with van der Waals surface area (Å²) < 4.78 is 5.01. The second-order valence-corrected chi connectivity index (χ2v) is 6.67. The predicted octanol–water partition coefficient (Wildman–Crippen LogP) is 3.38. The number of rotatable bonds is 8. The average molecular weight is 374 g/mol. The highest BCUT2D eigenvalue weighted by Gasteiger charge is 2.25. The zero-order valence-electron chi connectivity index (χ0n) is 15.1. The number of aromatic nitrogens is 1. The maximum atomic E-state index is 12.8. The number of thiophene rings is 1. The van der Waals surface area contributed by atoms with E-state index in [4.69, 9.17) is 4.74 Å². The Bertz CT molecular complexity index is 821. The Morgan fingerprint density at radius 2 is 2.08 bits per heavy atom. The van der Waals surface area contributed by atoms with Crippen LogP contribution in [0.1, 0.15) is 48.7 Å². The Labute approximate surface area is 156 Å². The Morgan fingerprint density at radius 1 is 1.35 bits per heavy atom. The number of nitrogens with zero attached hydrogens (tertiary/aromatic N) is 1. The zero-order valence-corrected chi connectivity index (χ0v) is 15.9. The van der Waals surface area contributed by atoms with Crippen molar-refractivity contribution in [3.05, 3.63) is 57.6 Å². The highest BCUT2D eigenvalue weighted by atomic mass is 32.1. The van der Waals surface area contributed by atoms with Crippen LogP contribution in [0.15, 0.2) is 30.2 Å². The van der Waals surface area contributed by atoms with Gasteiger partial charge in [-0.1, -0.05) is 12.1 Å². The summed E-state index contributed by atoms with van der Waals surface area (Å²) in [7, 11) is 0. The molecule has 1 amide bonds. The lowest BCUT2D eigenvalue weighted by molar-refractivity contribution is 0.0519. The summed E-state index contributed by atoms with van der Waals surface area (Å²) in [6, 6.07) is 3.51. The fraction of sp³-hybridized carbons (Fsp3) is 0.316. The molecule has 0 aliphatic heterocycles. The van der Waals surface area contributed by atoms with E-state index < -0.39 is 5.97 Å². The SMILES string of the molecule is C=CCN(CC(=O)c1c(C)[nH]c(C(=O)OCC)c1C)C(=O)c1cccs1. The summed E-state index contributed by atoms with van der Waals surface area (Å²) in [4.78, 5) is 42.4. The van der Waals surface area contributed by atoms with E-state index in [2.05, 4.69) is 11.6 Å². The Morgan fingerprint density at radius 3 is 2.65 bits per heavy atom. The molecule has 26 heavy (non-hydrogen) atoms. The summed E-state index contributed by atoms with van der Waals surface area (Å²) >= 11 is 1.32. The monoisotopic (exact) mass is 374 g/mol. The van der Waals surface area contributed by atoms with E-state index in [1.165, 1.54) is 16.2 Å². The summed E-state index contributed by atoms with van der Waals surface area (Å²) in [6.45, 7) is 9.22. The molecule has 0 atom stereocenters. The molecule has 0 aliphatic rings. The van der Waals surface area contributed by atoms with E-state index in [9.17, 15) is 14.4 Å². The van der Waals surface area contributed by atoms with Gasteiger partial charge < -0.3 is 14.6 Å². The number of aryl methyl sites for hydroxylation is 1. The van der Waals surface area contributed by atoms with Crippen molar-refractivity contribution < 1.29 is 19.1 Å². The van der Waals surface area contributed by atoms with Crippen LogP contribution < -0.4 is 0 Å². The van der Waals surface area contributed by atoms with Gasteiger partial charge in [-0.2, -0.15) is 0 Å². The first-order valence-electron chi connectivity index (χ1n) is 8.23. The lowest BCUT2D eigenvalue weighted by atomic mass is 10.1. The third-order valence-corrected chi connectivity index (χ3v) is 4.76. The molecule has 6 nitrogen and oxygen atoms in total. The number of hydrogen-bond acceptors (Lipinski definition) is 5. The van der Waals surface area contributed by atoms with Crippen molar-refractivity contribution in [2.45, 2.75) is 20.8 Å². The molecule has 2 aromatic rings. The van der Waals surface area contributed by atoms with Crippen LogP contribution in [-0.2, 0) is 4.74 Å². The third-order valence-electron chi connectivity index (χ3n) is 3.90. The second-order valence-electron chi connectivity index (χ2n) is 5.72. The van der Waals surface area contributed by atoms with Gasteiger partial charge in [-0.25, -0.2) is 4.79 Å². The minimum atomic E-state index is -0.496. The minimum Gasteiger partial charge on any atom is -0.461 e. The van der Waals surface area contributed by atoms with Crippen LogP contribution >= 0.6 is 11.3 Å². The molecule has 2 aromatic heterocycles. The Hall–Kier alpha value is -2.67. The zero-order chi connectivity index (χ0) is 19.3. The largest absolute Gasteiger partial charge is 0.461 e. The van der Waals surface area contributed by atoms with Gasteiger partial charge in [-0.15, -0.1) is 17.9 Å². The quantitative estimate of drug-likeness (QED) is 0.436. The second kappa shape index (κ2) is 8.62. The first-order valence-corrected chi connectivity index (χ1v) is 9.11. The number of nitrogens with one attached hydrogen (secondary N) is 1. The Kier molecular flexibility index (Phi) is 6.52. The molecule has 0 bridgehead atoms. The number of H-pyrrole nitrogens is 1. The van der Waals surface area contributed by atoms with Crippen LogP contribution in [-0.4, -0.2) is 47.2 Å². The number of carbonyl (C=O) groups is 3. The number of carbonyl (C=O) groups excluding carboxylic acids is 3. The number of Topliss-reactive ketones (excluding diaryl/α,β-unsaturated/α-hetero) is 1. The number of amides is 1. The van der Waals surface area contributed by atoms with Gasteiger partial charge >= 0.3 is 5.97 Å². The predicted molar refractivity (Wildman–Crippen MR) is 101 cm³/mol. The van der Waals surface area contributed by atoms with Gasteiger partial charge in [-0.3, -0.25) is 9.59 Å². The van der Waals surface area contributed by atoms with Crippen LogP contribution in [0.3, 0.4) is 0 Å². The van der Waals surface area contributed by atoms with E-state index >= 15 is 0 Å². The van der Waals surface area contributed by atoms with Crippen molar-refractivity contribution in [3.8, 4) is 0 Å². The first-order chi connectivity index (χ1) is 12.4. The number of aromatic amines is 1. The summed E-state index contributed by atoms with van der Waals surface area (Å²) in [5, 5.41) is 1.81. The van der Waals surface area contributed by atoms with Crippen LogP contribution in [0, 0.1) is 13.8 Å². The normalized spacial score (nSPS) is 10.4. The molecule has 2 heterocycles. The number of hydrogen-bond donors (Lipinski definition) is 1. The molecule has 0 radical (unpaired) electrons. The van der Waals surface area contributed by atoms with E-state index in [0.717, 1.165) is 0 Å². The molecule has 1 N–H and O–H groups in total. The lowest BCUT2D eigenvalue weighted by Crippen LogP contribution is -2.35. The number of esters is 1. The van der Waals surface area contributed by atoms with E-state index in [1.807, 2.05) is 5.38 Å². The van der Waals surface area contributed by atoms with Gasteiger partial charge in [0, 0.05) is 17.8 Å². The van der Waals surface area contributed by atoms with Gasteiger partial charge in [0.05, 0.1) is 18.0 Å². The first kappa shape index (κ1) is 19.7. The van der Waals surface area contributed by atoms with E-state index in [0.29, 0.717) is 21.7 Å². The fourth-order valence-corrected chi connectivity index (χ4v) is 3.45. The molecule has 0 saturated heterocycles. The smallest absolute Gasteiger partial charge is 0.355 e. The van der Waals surface area contributed by atoms with Crippen molar-refractivity contribution in [2.75, 3.05) is 19.7 Å². The van der Waals surface area contributed by atoms with Gasteiger partial charge in [-0.05, 0) is 37.8 Å². The molecule has 0 unspecified atom stereocenters. The minimum absolute atomic E-state index is 0.0927. The lowest BCUT2D eigenvalue weighted by Gasteiger charge is -2.19. The topological polar surface area (TPSA) is 79.5 Å². The maximum Gasteiger partial charge on any atom is 0.355 e. The van der Waals surface area contributed by atoms with Gasteiger partial charge in [0.2, 0.25) is 0 Å². The third kappa shape index (κ3) is 4.11. The molecule has 0 aromatic carbocycles. The van der Waals surface area contributed by atoms with Crippen molar-refractivity contribution >= 4 is 29.0 Å². The fourth-order valence-electron chi connectivity index (χ4n) is 2.76. The molecular formula is C19H22N2O4S. The van der Waals surface area contributed by atoms with Gasteiger partial charge in [0.1, 0.15) is 5.69 Å². The van der Waals surface area contributed by atoms with Crippen LogP contribution in [0.2, 0.25) is 0 Å². The summed E-state index contributed by atoms with van der Waals surface area (Å²) in [6.07, 6.45) is 1.58. The highest BCUT2D eigenvalue weighted by Crippen LogP contribution is 2.20. The van der Waals surface area contributed by atoms with Crippen molar-refractivity contribution in [3.63, 3.8) is 0 Å². The standard InChI is InChI=1S/C19H22N2O4S/c1-5-9-21(18(23)15-8-7-10-26-15)11-14(22)16-12(3)17(20-13(16)4)19(24)25-6-2/h5,7-8,10,20H,1,6,9,11H2,2-4H3. The molecule has 0 aliphatic carbocycles. The number of ether oxygens (including phenoxy) is 1. The summed E-state index contributed by atoms with van der Waals surface area (Å²) in [5.41, 5.74) is 1.81. The van der Waals surface area contributed by atoms with E-state index in [-0.39, 0.29) is 37.1 Å². The molecule has 7 heteroatoms. The molecule has 0 fully saturated rings. The average Bonchev–Trinajstić information content (AvgIpc) is 3.22. The van der Waals surface area contributed by atoms with Crippen molar-refractivity contribution in [1.29, 1.82) is 0 Å². The van der Waals surface area contributed by atoms with Crippen LogP contribution in [0.5, 0.6) is 0 Å². The molecular weight excluding hydrogens is 352 g/mol. The van der Waals surface area contributed by atoms with Crippen LogP contribution in [0.25, 0.3) is 0 Å². The molecule has 0 spiro atoms. The molecule has 2 rings (SSSR count). The van der Waals surface area contributed by atoms with Crippen molar-refractivity contribution in [2.24, 2.45) is 0 Å². The van der Waals surface area contributed by atoms with Crippen LogP contribution in [0.4, 0.5) is 0 Å². The van der Waals surface area contributed by atoms with Gasteiger partial charge in [0.25, 0.3) is 5.91 Å². The molecule has 138 valence electrons.